The third kappa shape index (κ3) is 3.83. The Kier molecular flexibility index (Phi) is 5.16. The predicted octanol–water partition coefficient (Wildman–Crippen LogP) is 2.55. The van der Waals surface area contributed by atoms with Crippen LogP contribution in [-0.4, -0.2) is 23.4 Å². The summed E-state index contributed by atoms with van der Waals surface area (Å²) >= 11 is 0. The summed E-state index contributed by atoms with van der Waals surface area (Å²) in [5, 5.41) is 19.2. The van der Waals surface area contributed by atoms with E-state index in [0.717, 1.165) is 12.8 Å². The molecule has 0 bridgehead atoms. The zero-order chi connectivity index (χ0) is 12.9. The van der Waals surface area contributed by atoms with Crippen LogP contribution in [0.15, 0.2) is 24.3 Å². The Morgan fingerprint density at radius 1 is 1.12 bits per heavy atom. The lowest BCUT2D eigenvalue weighted by Gasteiger charge is -2.32. The highest BCUT2D eigenvalue weighted by Gasteiger charge is 2.30. The molecule has 0 aliphatic carbocycles. The fourth-order valence-corrected chi connectivity index (χ4v) is 2.44. The summed E-state index contributed by atoms with van der Waals surface area (Å²) < 4.78 is 0. The van der Waals surface area contributed by atoms with Gasteiger partial charge in [-0.1, -0.05) is 38.1 Å². The predicted molar refractivity (Wildman–Crippen MR) is 70.9 cm³/mol. The summed E-state index contributed by atoms with van der Waals surface area (Å²) in [5.41, 5.74) is 2.05. The van der Waals surface area contributed by atoms with Crippen molar-refractivity contribution in [3.63, 3.8) is 0 Å². The lowest BCUT2D eigenvalue weighted by Crippen LogP contribution is -2.34. The average Bonchev–Trinajstić information content (AvgIpc) is 2.30. The van der Waals surface area contributed by atoms with Gasteiger partial charge in [-0.05, 0) is 36.8 Å². The molecular formula is C15H24O2. The largest absolute Gasteiger partial charge is 0.396 e. The first-order valence-electron chi connectivity index (χ1n) is 6.29. The summed E-state index contributed by atoms with van der Waals surface area (Å²) in [6.07, 6.45) is 1.58. The topological polar surface area (TPSA) is 40.5 Å². The van der Waals surface area contributed by atoms with E-state index in [1.807, 2.05) is 12.1 Å². The monoisotopic (exact) mass is 236 g/mol. The van der Waals surface area contributed by atoms with E-state index in [0.29, 0.717) is 5.92 Å². The molecule has 1 aromatic rings. The molecular weight excluding hydrogens is 212 g/mol. The van der Waals surface area contributed by atoms with Crippen molar-refractivity contribution in [2.24, 2.45) is 11.3 Å². The SMILES string of the molecule is Cc1ccccc1CC(CO)(CO)CC(C)C. The third-order valence-corrected chi connectivity index (χ3v) is 3.34. The van der Waals surface area contributed by atoms with Gasteiger partial charge in [0.25, 0.3) is 0 Å². The number of benzene rings is 1. The van der Waals surface area contributed by atoms with Crippen LogP contribution in [0.3, 0.4) is 0 Å². The van der Waals surface area contributed by atoms with Gasteiger partial charge in [0, 0.05) is 5.41 Å². The Bertz CT molecular complexity index is 341. The van der Waals surface area contributed by atoms with E-state index in [9.17, 15) is 10.2 Å². The highest BCUT2D eigenvalue weighted by atomic mass is 16.3. The lowest BCUT2D eigenvalue weighted by atomic mass is 9.76. The van der Waals surface area contributed by atoms with Crippen LogP contribution in [0.2, 0.25) is 0 Å². The van der Waals surface area contributed by atoms with Crippen molar-refractivity contribution in [2.45, 2.75) is 33.6 Å². The van der Waals surface area contributed by atoms with Crippen molar-refractivity contribution in [1.82, 2.24) is 0 Å². The maximum absolute atomic E-state index is 9.62. The molecule has 2 nitrogen and oxygen atoms in total. The highest BCUT2D eigenvalue weighted by Crippen LogP contribution is 2.31. The van der Waals surface area contributed by atoms with Gasteiger partial charge >= 0.3 is 0 Å². The van der Waals surface area contributed by atoms with Crippen molar-refractivity contribution in [2.75, 3.05) is 13.2 Å². The molecule has 0 saturated heterocycles. The smallest absolute Gasteiger partial charge is 0.0512 e. The maximum atomic E-state index is 9.62. The first-order valence-corrected chi connectivity index (χ1v) is 6.29. The molecule has 0 atom stereocenters. The second kappa shape index (κ2) is 6.18. The Balaban J connectivity index is 2.90. The summed E-state index contributed by atoms with van der Waals surface area (Å²) in [5.74, 6) is 0.471. The zero-order valence-electron chi connectivity index (χ0n) is 11.1. The molecule has 0 spiro atoms. The van der Waals surface area contributed by atoms with Crippen LogP contribution in [0.4, 0.5) is 0 Å². The van der Waals surface area contributed by atoms with Gasteiger partial charge in [-0.25, -0.2) is 0 Å². The number of hydrogen-bond acceptors (Lipinski definition) is 2. The molecule has 0 aromatic heterocycles. The van der Waals surface area contributed by atoms with Gasteiger partial charge in [-0.2, -0.15) is 0 Å². The molecule has 2 heteroatoms. The summed E-state index contributed by atoms with van der Waals surface area (Å²) in [7, 11) is 0. The van der Waals surface area contributed by atoms with Gasteiger partial charge in [0.15, 0.2) is 0 Å². The maximum Gasteiger partial charge on any atom is 0.0512 e. The molecule has 0 amide bonds. The van der Waals surface area contributed by atoms with Crippen molar-refractivity contribution in [1.29, 1.82) is 0 Å². The number of hydrogen-bond donors (Lipinski definition) is 2. The fourth-order valence-electron chi connectivity index (χ4n) is 2.44. The number of aliphatic hydroxyl groups excluding tert-OH is 2. The van der Waals surface area contributed by atoms with Gasteiger partial charge in [-0.3, -0.25) is 0 Å². The molecule has 2 N–H and O–H groups in total. The number of aliphatic hydroxyl groups is 2. The first kappa shape index (κ1) is 14.2. The van der Waals surface area contributed by atoms with E-state index >= 15 is 0 Å². The number of rotatable bonds is 6. The molecule has 0 saturated carbocycles. The Hall–Kier alpha value is -0.860. The molecule has 0 radical (unpaired) electrons. The average molecular weight is 236 g/mol. The minimum Gasteiger partial charge on any atom is -0.396 e. The summed E-state index contributed by atoms with van der Waals surface area (Å²) in [4.78, 5) is 0. The molecule has 1 rings (SSSR count). The zero-order valence-corrected chi connectivity index (χ0v) is 11.1. The van der Waals surface area contributed by atoms with Crippen LogP contribution >= 0.6 is 0 Å². The van der Waals surface area contributed by atoms with Crippen molar-refractivity contribution in [3.05, 3.63) is 35.4 Å². The third-order valence-electron chi connectivity index (χ3n) is 3.34. The molecule has 0 unspecified atom stereocenters. The van der Waals surface area contributed by atoms with E-state index in [1.165, 1.54) is 11.1 Å². The van der Waals surface area contributed by atoms with Gasteiger partial charge in [0.2, 0.25) is 0 Å². The minimum absolute atomic E-state index is 0.0377. The van der Waals surface area contributed by atoms with Crippen molar-refractivity contribution >= 4 is 0 Å². The first-order chi connectivity index (χ1) is 8.03. The van der Waals surface area contributed by atoms with E-state index in [1.54, 1.807) is 0 Å². The molecule has 0 aliphatic rings. The number of aryl methyl sites for hydroxylation is 1. The fraction of sp³-hybridized carbons (Fsp3) is 0.600. The van der Waals surface area contributed by atoms with Crippen molar-refractivity contribution < 1.29 is 10.2 Å². The molecule has 0 aliphatic heterocycles. The second-order valence-corrected chi connectivity index (χ2v) is 5.52. The van der Waals surface area contributed by atoms with E-state index < -0.39 is 0 Å². The Morgan fingerprint density at radius 2 is 1.71 bits per heavy atom. The van der Waals surface area contributed by atoms with Crippen LogP contribution in [0, 0.1) is 18.3 Å². The molecule has 1 aromatic carbocycles. The Labute approximate surface area is 104 Å². The van der Waals surface area contributed by atoms with Crippen LogP contribution in [0.1, 0.15) is 31.4 Å². The normalized spacial score (nSPS) is 12.1. The standard InChI is InChI=1S/C15H24O2/c1-12(2)8-15(10-16,11-17)9-14-7-5-4-6-13(14)3/h4-7,12,16-17H,8-11H2,1-3H3. The molecule has 0 heterocycles. The van der Waals surface area contributed by atoms with Gasteiger partial charge < -0.3 is 10.2 Å². The summed E-state index contributed by atoms with van der Waals surface area (Å²) in [6.45, 7) is 6.39. The van der Waals surface area contributed by atoms with E-state index in [4.69, 9.17) is 0 Å². The second-order valence-electron chi connectivity index (χ2n) is 5.52. The van der Waals surface area contributed by atoms with Crippen LogP contribution < -0.4 is 0 Å². The minimum atomic E-state index is -0.389. The van der Waals surface area contributed by atoms with Crippen molar-refractivity contribution in [3.8, 4) is 0 Å². The van der Waals surface area contributed by atoms with Crippen LogP contribution in [0.25, 0.3) is 0 Å². The lowest BCUT2D eigenvalue weighted by molar-refractivity contribution is 0.0368. The van der Waals surface area contributed by atoms with Gasteiger partial charge in [0.1, 0.15) is 0 Å². The van der Waals surface area contributed by atoms with Crippen LogP contribution in [0.5, 0.6) is 0 Å². The quantitative estimate of drug-likeness (QED) is 0.797. The van der Waals surface area contributed by atoms with E-state index in [-0.39, 0.29) is 18.6 Å². The van der Waals surface area contributed by atoms with E-state index in [2.05, 4.69) is 32.9 Å². The Morgan fingerprint density at radius 3 is 2.18 bits per heavy atom. The summed E-state index contributed by atoms with van der Waals surface area (Å²) in [6, 6.07) is 8.18. The van der Waals surface area contributed by atoms with Crippen LogP contribution in [-0.2, 0) is 6.42 Å². The van der Waals surface area contributed by atoms with Gasteiger partial charge in [-0.15, -0.1) is 0 Å². The molecule has 96 valence electrons. The molecule has 0 fully saturated rings. The van der Waals surface area contributed by atoms with Gasteiger partial charge in [0.05, 0.1) is 13.2 Å². The highest BCUT2D eigenvalue weighted by molar-refractivity contribution is 5.26. The molecule has 17 heavy (non-hydrogen) atoms.